The smallest absolute Gasteiger partial charge is 0.205 e. The average Bonchev–Trinajstić information content (AvgIpc) is 3.54. The second-order valence-electron chi connectivity index (χ2n) is 9.17. The van der Waals surface area contributed by atoms with Gasteiger partial charge >= 0.3 is 0 Å². The molecule has 7 nitrogen and oxygen atoms in total. The van der Waals surface area contributed by atoms with Gasteiger partial charge in [0, 0.05) is 18.4 Å². The highest BCUT2D eigenvalue weighted by atomic mass is 15.5. The third-order valence-corrected chi connectivity index (χ3v) is 6.05. The number of aromatic amines is 1. The van der Waals surface area contributed by atoms with Crippen LogP contribution in [0.4, 0.5) is 0 Å². The highest BCUT2D eigenvalue weighted by molar-refractivity contribution is 5.80. The zero-order valence-corrected chi connectivity index (χ0v) is 20.1. The predicted molar refractivity (Wildman–Crippen MR) is 137 cm³/mol. The van der Waals surface area contributed by atoms with Crippen LogP contribution in [0.2, 0.25) is 0 Å². The van der Waals surface area contributed by atoms with Crippen LogP contribution in [0, 0.1) is 5.92 Å². The molecule has 0 bridgehead atoms. The summed E-state index contributed by atoms with van der Waals surface area (Å²) in [6, 6.07) is 27.1. The molecule has 0 atom stereocenters. The molecule has 1 N–H and O–H groups in total. The van der Waals surface area contributed by atoms with Gasteiger partial charge in [0.05, 0.1) is 6.54 Å². The van der Waals surface area contributed by atoms with Crippen LogP contribution in [0.3, 0.4) is 0 Å². The monoisotopic (exact) mass is 463 g/mol. The summed E-state index contributed by atoms with van der Waals surface area (Å²) >= 11 is 0. The highest BCUT2D eigenvalue weighted by Crippen LogP contribution is 2.29. The molecule has 0 fully saturated rings. The molecule has 2 aromatic heterocycles. The summed E-state index contributed by atoms with van der Waals surface area (Å²) in [6.45, 7) is 5.19. The Morgan fingerprint density at radius 2 is 1.57 bits per heavy atom. The molecule has 176 valence electrons. The molecule has 0 aliphatic rings. The molecule has 7 heteroatoms. The Bertz CT molecular complexity index is 1350. The number of hydrogen-bond donors (Lipinski definition) is 1. The van der Waals surface area contributed by atoms with E-state index in [9.17, 15) is 0 Å². The van der Waals surface area contributed by atoms with E-state index < -0.39 is 0 Å². The topological polar surface area (TPSA) is 85.2 Å². The number of hydrogen-bond acceptors (Lipinski definition) is 5. The predicted octanol–water partition coefficient (Wildman–Crippen LogP) is 5.35. The van der Waals surface area contributed by atoms with Crippen molar-refractivity contribution in [1.29, 1.82) is 0 Å². The zero-order chi connectivity index (χ0) is 24.0. The molecule has 0 spiro atoms. The molecular formula is C28H29N7. The molecule has 0 unspecified atom stereocenters. The number of tetrazole rings is 1. The summed E-state index contributed by atoms with van der Waals surface area (Å²) in [7, 11) is 0. The average molecular weight is 464 g/mol. The van der Waals surface area contributed by atoms with Gasteiger partial charge in [0.2, 0.25) is 5.82 Å². The fourth-order valence-electron chi connectivity index (χ4n) is 4.18. The van der Waals surface area contributed by atoms with Crippen molar-refractivity contribution >= 4 is 0 Å². The second kappa shape index (κ2) is 10.4. The minimum Gasteiger partial charge on any atom is -0.245 e. The van der Waals surface area contributed by atoms with Crippen molar-refractivity contribution in [2.75, 3.05) is 0 Å². The van der Waals surface area contributed by atoms with Crippen molar-refractivity contribution in [3.05, 3.63) is 102 Å². The maximum absolute atomic E-state index is 4.91. The van der Waals surface area contributed by atoms with Gasteiger partial charge in [-0.15, -0.1) is 10.2 Å². The van der Waals surface area contributed by atoms with Crippen LogP contribution in [-0.2, 0) is 19.4 Å². The minimum atomic E-state index is 0.591. The normalized spacial score (nSPS) is 11.3. The van der Waals surface area contributed by atoms with E-state index in [1.807, 2.05) is 24.3 Å². The van der Waals surface area contributed by atoms with Gasteiger partial charge < -0.3 is 0 Å². The quantitative estimate of drug-likeness (QED) is 0.318. The van der Waals surface area contributed by atoms with Crippen molar-refractivity contribution in [1.82, 2.24) is 35.4 Å². The maximum atomic E-state index is 4.91. The molecule has 0 saturated heterocycles. The van der Waals surface area contributed by atoms with Crippen molar-refractivity contribution in [3.8, 4) is 22.5 Å². The number of rotatable bonds is 9. The number of nitrogens with one attached hydrogen (secondary N) is 1. The Kier molecular flexibility index (Phi) is 6.75. The third-order valence-electron chi connectivity index (χ3n) is 6.05. The fraction of sp³-hybridized carbons (Fsp3) is 0.250. The first-order chi connectivity index (χ1) is 17.2. The molecule has 3 aromatic carbocycles. The molecule has 2 heterocycles. The van der Waals surface area contributed by atoms with Crippen molar-refractivity contribution in [2.45, 2.75) is 39.7 Å². The number of nitrogens with zero attached hydrogens (tertiary/aromatic N) is 6. The van der Waals surface area contributed by atoms with Gasteiger partial charge in [-0.05, 0) is 39.8 Å². The van der Waals surface area contributed by atoms with Crippen LogP contribution in [-0.4, -0.2) is 35.4 Å². The van der Waals surface area contributed by atoms with Crippen LogP contribution >= 0.6 is 0 Å². The minimum absolute atomic E-state index is 0.591. The summed E-state index contributed by atoms with van der Waals surface area (Å²) in [5.74, 6) is 3.14. The zero-order valence-electron chi connectivity index (χ0n) is 20.1. The van der Waals surface area contributed by atoms with Crippen LogP contribution in [0.1, 0.15) is 43.0 Å². The van der Waals surface area contributed by atoms with Gasteiger partial charge in [0.25, 0.3) is 0 Å². The standard InChI is InChI=1S/C28H29N7/c1-20(2)12-17-27-29-26(18-21-8-4-3-5-9-21)32-35(27)19-22-13-15-23(16-14-22)24-10-6-7-11-25(24)28-30-33-34-31-28/h3-11,13-16,20H,12,17-19H2,1-2H3,(H,30,31,33,34). The Balaban J connectivity index is 1.38. The lowest BCUT2D eigenvalue weighted by molar-refractivity contribution is 0.547. The molecule has 5 rings (SSSR count). The van der Waals surface area contributed by atoms with E-state index in [1.165, 1.54) is 11.1 Å². The molecule has 5 aromatic rings. The van der Waals surface area contributed by atoms with Crippen LogP contribution < -0.4 is 0 Å². The molecule has 0 amide bonds. The summed E-state index contributed by atoms with van der Waals surface area (Å²) in [4.78, 5) is 4.91. The summed E-state index contributed by atoms with van der Waals surface area (Å²) in [6.07, 6.45) is 2.76. The van der Waals surface area contributed by atoms with Crippen molar-refractivity contribution in [2.24, 2.45) is 5.92 Å². The lowest BCUT2D eigenvalue weighted by Crippen LogP contribution is -2.08. The van der Waals surface area contributed by atoms with Gasteiger partial charge in [0.15, 0.2) is 5.82 Å². The first-order valence-electron chi connectivity index (χ1n) is 12.0. The van der Waals surface area contributed by atoms with E-state index in [-0.39, 0.29) is 0 Å². The summed E-state index contributed by atoms with van der Waals surface area (Å²) in [5, 5.41) is 19.4. The molecular weight excluding hydrogens is 434 g/mol. The van der Waals surface area contributed by atoms with Crippen LogP contribution in [0.15, 0.2) is 78.9 Å². The van der Waals surface area contributed by atoms with E-state index in [2.05, 4.69) is 93.8 Å². The van der Waals surface area contributed by atoms with E-state index in [4.69, 9.17) is 10.1 Å². The molecule has 0 aliphatic carbocycles. The van der Waals surface area contributed by atoms with Gasteiger partial charge in [0.1, 0.15) is 5.82 Å². The number of benzene rings is 3. The number of aromatic nitrogens is 7. The van der Waals surface area contributed by atoms with Crippen LogP contribution in [0.25, 0.3) is 22.5 Å². The Labute approximate surface area is 205 Å². The van der Waals surface area contributed by atoms with Crippen LogP contribution in [0.5, 0.6) is 0 Å². The van der Waals surface area contributed by atoms with Crippen molar-refractivity contribution in [3.63, 3.8) is 0 Å². The summed E-state index contributed by atoms with van der Waals surface area (Å²) < 4.78 is 2.07. The van der Waals surface area contributed by atoms with Gasteiger partial charge in [-0.2, -0.15) is 10.3 Å². The number of H-pyrrole nitrogens is 1. The first-order valence-corrected chi connectivity index (χ1v) is 12.0. The highest BCUT2D eigenvalue weighted by Gasteiger charge is 2.13. The first kappa shape index (κ1) is 22.7. The largest absolute Gasteiger partial charge is 0.245 e. The van der Waals surface area contributed by atoms with E-state index >= 15 is 0 Å². The van der Waals surface area contributed by atoms with Gasteiger partial charge in [-0.1, -0.05) is 92.7 Å². The van der Waals surface area contributed by atoms with E-state index in [0.717, 1.165) is 47.6 Å². The summed E-state index contributed by atoms with van der Waals surface area (Å²) in [5.41, 5.74) is 5.55. The Hall–Kier alpha value is -4.13. The maximum Gasteiger partial charge on any atom is 0.205 e. The molecule has 35 heavy (non-hydrogen) atoms. The van der Waals surface area contributed by atoms with Crippen molar-refractivity contribution < 1.29 is 0 Å². The Morgan fingerprint density at radius 1 is 0.829 bits per heavy atom. The molecule has 0 aliphatic heterocycles. The third kappa shape index (κ3) is 5.51. The molecule has 0 saturated carbocycles. The lowest BCUT2D eigenvalue weighted by atomic mass is 9.98. The number of aryl methyl sites for hydroxylation is 1. The van der Waals surface area contributed by atoms with E-state index in [0.29, 0.717) is 18.3 Å². The van der Waals surface area contributed by atoms with Gasteiger partial charge in [-0.3, -0.25) is 0 Å². The SMILES string of the molecule is CC(C)CCc1nc(Cc2ccccc2)nn1Cc1ccc(-c2ccccc2-c2nn[nH]n2)cc1. The second-order valence-corrected chi connectivity index (χ2v) is 9.17. The molecule has 0 radical (unpaired) electrons. The van der Waals surface area contributed by atoms with Gasteiger partial charge in [-0.25, -0.2) is 9.67 Å². The van der Waals surface area contributed by atoms with E-state index in [1.54, 1.807) is 0 Å². The Morgan fingerprint density at radius 3 is 2.29 bits per heavy atom. The lowest BCUT2D eigenvalue weighted by Gasteiger charge is -2.10. The fourth-order valence-corrected chi connectivity index (χ4v) is 4.18.